The first-order valence-electron chi connectivity index (χ1n) is 9.49. The minimum Gasteiger partial charge on any atom is -0.493 e. The highest BCUT2D eigenvalue weighted by Crippen LogP contribution is 2.36. The predicted molar refractivity (Wildman–Crippen MR) is 117 cm³/mol. The summed E-state index contributed by atoms with van der Waals surface area (Å²) in [6, 6.07) is 18.9. The fourth-order valence-corrected chi connectivity index (χ4v) is 3.53. The molecule has 0 spiro atoms. The molecule has 3 aromatic carbocycles. The summed E-state index contributed by atoms with van der Waals surface area (Å²) in [5.41, 5.74) is 4.93. The number of amides is 2. The van der Waals surface area contributed by atoms with Crippen LogP contribution in [0.15, 0.2) is 66.7 Å². The lowest BCUT2D eigenvalue weighted by molar-refractivity contribution is 0.0490. The number of benzene rings is 3. The number of hydrogen-bond donors (Lipinski definition) is 2. The lowest BCUT2D eigenvalue weighted by atomic mass is 10.0. The van der Waals surface area contributed by atoms with E-state index in [0.29, 0.717) is 38.9 Å². The molecule has 1 aliphatic heterocycles. The van der Waals surface area contributed by atoms with Crippen LogP contribution in [0, 0.1) is 0 Å². The van der Waals surface area contributed by atoms with Crippen LogP contribution in [-0.2, 0) is 0 Å². The van der Waals surface area contributed by atoms with Crippen molar-refractivity contribution in [1.29, 1.82) is 0 Å². The van der Waals surface area contributed by atoms with Gasteiger partial charge in [-0.15, -0.1) is 0 Å². The molecule has 0 saturated carbocycles. The summed E-state index contributed by atoms with van der Waals surface area (Å²) < 4.78 is 10.7. The molecule has 2 amide bonds. The first kappa shape index (κ1) is 20.6. The normalized spacial score (nSPS) is 15.0. The van der Waals surface area contributed by atoms with Gasteiger partial charge >= 0.3 is 0 Å². The van der Waals surface area contributed by atoms with Gasteiger partial charge in [-0.1, -0.05) is 29.8 Å². The van der Waals surface area contributed by atoms with Gasteiger partial charge in [-0.05, 0) is 48.5 Å². The maximum atomic E-state index is 13.3. The number of nitrogens with one attached hydrogen (secondary N) is 2. The Morgan fingerprint density at radius 1 is 1.00 bits per heavy atom. The number of halogens is 1. The van der Waals surface area contributed by atoms with Gasteiger partial charge in [-0.25, -0.2) is 5.01 Å². The van der Waals surface area contributed by atoms with E-state index in [1.807, 2.05) is 18.2 Å². The Hall–Kier alpha value is -3.71. The number of methoxy groups -OCH3 is 2. The Morgan fingerprint density at radius 3 is 2.42 bits per heavy atom. The molecule has 1 unspecified atom stereocenters. The molecule has 1 heterocycles. The predicted octanol–water partition coefficient (Wildman–Crippen LogP) is 4.27. The molecule has 4 rings (SSSR count). The number of nitrogens with zero attached hydrogens (tertiary/aromatic N) is 1. The summed E-state index contributed by atoms with van der Waals surface area (Å²) in [5.74, 6) is 0.302. The minimum atomic E-state index is -0.668. The highest BCUT2D eigenvalue weighted by Gasteiger charge is 2.34. The number of hydrogen-bond acceptors (Lipinski definition) is 5. The van der Waals surface area contributed by atoms with Crippen molar-refractivity contribution in [1.82, 2.24) is 10.4 Å². The van der Waals surface area contributed by atoms with E-state index in [2.05, 4.69) is 10.7 Å². The number of ether oxygens (including phenoxy) is 2. The second kappa shape index (κ2) is 8.57. The number of carbonyl (C=O) groups is 2. The highest BCUT2D eigenvalue weighted by atomic mass is 35.5. The van der Waals surface area contributed by atoms with Crippen LogP contribution < -0.4 is 20.2 Å². The van der Waals surface area contributed by atoms with E-state index in [0.717, 1.165) is 0 Å². The molecule has 0 bridgehead atoms. The molecular weight excluding hydrogens is 418 g/mol. The average Bonchev–Trinajstić information content (AvgIpc) is 2.80. The Morgan fingerprint density at radius 2 is 1.71 bits per heavy atom. The monoisotopic (exact) mass is 437 g/mol. The zero-order valence-electron chi connectivity index (χ0n) is 16.9. The van der Waals surface area contributed by atoms with Crippen molar-refractivity contribution < 1.29 is 19.1 Å². The van der Waals surface area contributed by atoms with Gasteiger partial charge in [0, 0.05) is 21.8 Å². The summed E-state index contributed by atoms with van der Waals surface area (Å²) >= 11 is 5.92. The molecule has 158 valence electrons. The summed E-state index contributed by atoms with van der Waals surface area (Å²) in [4.78, 5) is 26.2. The third-order valence-corrected chi connectivity index (χ3v) is 5.23. The molecule has 0 aliphatic carbocycles. The first-order chi connectivity index (χ1) is 15.0. The largest absolute Gasteiger partial charge is 0.493 e. The van der Waals surface area contributed by atoms with Gasteiger partial charge < -0.3 is 14.8 Å². The number of rotatable bonds is 5. The van der Waals surface area contributed by atoms with Crippen LogP contribution in [0.4, 0.5) is 5.69 Å². The second-order valence-corrected chi connectivity index (χ2v) is 7.27. The minimum absolute atomic E-state index is 0.337. The third kappa shape index (κ3) is 4.00. The molecule has 0 radical (unpaired) electrons. The van der Waals surface area contributed by atoms with Gasteiger partial charge in [0.1, 0.15) is 6.17 Å². The molecule has 8 heteroatoms. The molecule has 3 aromatic rings. The summed E-state index contributed by atoms with van der Waals surface area (Å²) in [6.45, 7) is 0. The van der Waals surface area contributed by atoms with Crippen LogP contribution >= 0.6 is 11.6 Å². The highest BCUT2D eigenvalue weighted by molar-refractivity contribution is 6.30. The third-order valence-electron chi connectivity index (χ3n) is 4.98. The fourth-order valence-electron chi connectivity index (χ4n) is 3.40. The Kier molecular flexibility index (Phi) is 5.68. The Balaban J connectivity index is 1.73. The van der Waals surface area contributed by atoms with Crippen LogP contribution in [0.1, 0.15) is 32.4 Å². The molecule has 2 N–H and O–H groups in total. The molecule has 31 heavy (non-hydrogen) atoms. The number of fused-ring (bicyclic) bond motifs is 1. The molecule has 1 aliphatic rings. The summed E-state index contributed by atoms with van der Waals surface area (Å²) in [6.07, 6.45) is -0.668. The van der Waals surface area contributed by atoms with E-state index in [1.165, 1.54) is 12.1 Å². The zero-order chi connectivity index (χ0) is 22.0. The van der Waals surface area contributed by atoms with Gasteiger partial charge in [0.05, 0.1) is 19.8 Å². The maximum absolute atomic E-state index is 13.3. The van der Waals surface area contributed by atoms with Gasteiger partial charge in [-0.2, -0.15) is 0 Å². The van der Waals surface area contributed by atoms with Gasteiger partial charge in [0.15, 0.2) is 11.5 Å². The number of para-hydroxylation sites is 1. The fraction of sp³-hybridized carbons (Fsp3) is 0.130. The molecule has 0 saturated heterocycles. The Bertz CT molecular complexity index is 1130. The van der Waals surface area contributed by atoms with E-state index in [9.17, 15) is 9.59 Å². The van der Waals surface area contributed by atoms with Crippen molar-refractivity contribution in [3.63, 3.8) is 0 Å². The van der Waals surface area contributed by atoms with Gasteiger partial charge in [0.2, 0.25) is 0 Å². The zero-order valence-corrected chi connectivity index (χ0v) is 17.6. The maximum Gasteiger partial charge on any atom is 0.276 e. The van der Waals surface area contributed by atoms with Crippen molar-refractivity contribution in [2.45, 2.75) is 6.17 Å². The first-order valence-corrected chi connectivity index (χ1v) is 9.87. The van der Waals surface area contributed by atoms with Crippen LogP contribution in [0.5, 0.6) is 11.5 Å². The lowest BCUT2D eigenvalue weighted by Gasteiger charge is -2.37. The SMILES string of the molecule is COc1ccc(C2Nc3ccccc3C(=O)N2NC(=O)c2ccc(Cl)cc2)cc1OC. The molecule has 0 aromatic heterocycles. The number of hydrazine groups is 1. The van der Waals surface area contributed by atoms with E-state index in [1.54, 1.807) is 55.6 Å². The van der Waals surface area contributed by atoms with E-state index in [-0.39, 0.29) is 5.91 Å². The van der Waals surface area contributed by atoms with Crippen LogP contribution in [0.3, 0.4) is 0 Å². The van der Waals surface area contributed by atoms with Crippen molar-refractivity contribution in [3.05, 3.63) is 88.4 Å². The molecule has 0 fully saturated rings. The number of carbonyl (C=O) groups excluding carboxylic acids is 2. The standard InChI is InChI=1S/C23H20ClN3O4/c1-30-19-12-9-15(13-20(19)31-2)21-25-18-6-4-3-5-17(18)23(29)27(21)26-22(28)14-7-10-16(24)11-8-14/h3-13,21,25H,1-2H3,(H,26,28). The van der Waals surface area contributed by atoms with E-state index in [4.69, 9.17) is 21.1 Å². The van der Waals surface area contributed by atoms with Crippen molar-refractivity contribution in [2.75, 3.05) is 19.5 Å². The van der Waals surface area contributed by atoms with Gasteiger partial charge in [0.25, 0.3) is 11.8 Å². The van der Waals surface area contributed by atoms with Crippen molar-refractivity contribution in [3.8, 4) is 11.5 Å². The number of anilines is 1. The smallest absolute Gasteiger partial charge is 0.276 e. The average molecular weight is 438 g/mol. The van der Waals surface area contributed by atoms with Crippen LogP contribution in [0.25, 0.3) is 0 Å². The topological polar surface area (TPSA) is 79.9 Å². The summed E-state index contributed by atoms with van der Waals surface area (Å²) in [7, 11) is 3.09. The van der Waals surface area contributed by atoms with Crippen LogP contribution in [0.2, 0.25) is 5.02 Å². The van der Waals surface area contributed by atoms with Crippen molar-refractivity contribution >= 4 is 29.1 Å². The second-order valence-electron chi connectivity index (χ2n) is 6.83. The van der Waals surface area contributed by atoms with Gasteiger partial charge in [-0.3, -0.25) is 15.0 Å². The van der Waals surface area contributed by atoms with Crippen molar-refractivity contribution in [2.24, 2.45) is 0 Å². The van der Waals surface area contributed by atoms with E-state index < -0.39 is 12.1 Å². The Labute approximate surface area is 184 Å². The van der Waals surface area contributed by atoms with Crippen LogP contribution in [-0.4, -0.2) is 31.0 Å². The van der Waals surface area contributed by atoms with E-state index >= 15 is 0 Å². The lowest BCUT2D eigenvalue weighted by Crippen LogP contribution is -2.52. The molecule has 1 atom stereocenters. The summed E-state index contributed by atoms with van der Waals surface area (Å²) in [5, 5.41) is 5.12. The molecular formula is C23H20ClN3O4. The quantitative estimate of drug-likeness (QED) is 0.623. The molecule has 7 nitrogen and oxygen atoms in total.